The molecule has 0 radical (unpaired) electrons. The van der Waals surface area contributed by atoms with Crippen LogP contribution in [0.2, 0.25) is 5.02 Å². The van der Waals surface area contributed by atoms with Gasteiger partial charge in [-0.2, -0.15) is 5.10 Å². The summed E-state index contributed by atoms with van der Waals surface area (Å²) < 4.78 is 24.8. The van der Waals surface area contributed by atoms with Gasteiger partial charge in [0.15, 0.2) is 0 Å². The zero-order valence-corrected chi connectivity index (χ0v) is 14.3. The van der Waals surface area contributed by atoms with E-state index in [-0.39, 0.29) is 0 Å². The summed E-state index contributed by atoms with van der Waals surface area (Å²) in [6, 6.07) is 9.64. The monoisotopic (exact) mass is 366 g/mol. The van der Waals surface area contributed by atoms with Gasteiger partial charge in [0.25, 0.3) is 5.91 Å². The summed E-state index contributed by atoms with van der Waals surface area (Å²) in [4.78, 5) is 15.9. The van der Waals surface area contributed by atoms with E-state index >= 15 is 0 Å². The molecule has 0 aliphatic heterocycles. The molecule has 0 saturated heterocycles. The molecular formula is C15H15ClN4O3S. The van der Waals surface area contributed by atoms with Crippen LogP contribution in [0.1, 0.15) is 5.56 Å². The maximum atomic E-state index is 12.0. The molecule has 1 heterocycles. The van der Waals surface area contributed by atoms with Gasteiger partial charge < -0.3 is 0 Å². The van der Waals surface area contributed by atoms with Gasteiger partial charge in [0.1, 0.15) is 6.54 Å². The van der Waals surface area contributed by atoms with E-state index in [2.05, 4.69) is 15.5 Å². The largest absolute Gasteiger partial charge is 0.271 e. The minimum absolute atomic E-state index is 0.341. The first-order chi connectivity index (χ1) is 11.4. The van der Waals surface area contributed by atoms with Gasteiger partial charge in [-0.05, 0) is 30.3 Å². The molecule has 9 heteroatoms. The highest BCUT2D eigenvalue weighted by Crippen LogP contribution is 2.20. The van der Waals surface area contributed by atoms with Gasteiger partial charge in [-0.15, -0.1) is 0 Å². The molecule has 7 nitrogen and oxygen atoms in total. The average molecular weight is 367 g/mol. The highest BCUT2D eigenvalue weighted by Gasteiger charge is 2.20. The van der Waals surface area contributed by atoms with Crippen molar-refractivity contribution in [2.45, 2.75) is 0 Å². The molecule has 0 fully saturated rings. The van der Waals surface area contributed by atoms with E-state index < -0.39 is 22.5 Å². The molecule has 126 valence electrons. The van der Waals surface area contributed by atoms with Crippen molar-refractivity contribution in [3.05, 3.63) is 59.4 Å². The third-order valence-corrected chi connectivity index (χ3v) is 4.28. The first kappa shape index (κ1) is 17.9. The number of hydrazone groups is 1. The Bertz CT molecular complexity index is 824. The van der Waals surface area contributed by atoms with Gasteiger partial charge in [0.2, 0.25) is 10.0 Å². The van der Waals surface area contributed by atoms with Crippen LogP contribution in [-0.4, -0.2) is 38.3 Å². The van der Waals surface area contributed by atoms with E-state index in [1.807, 2.05) is 0 Å². The lowest BCUT2D eigenvalue weighted by molar-refractivity contribution is -0.119. The summed E-state index contributed by atoms with van der Waals surface area (Å²) in [7, 11) is -3.64. The molecular weight excluding hydrogens is 352 g/mol. The first-order valence-corrected chi connectivity index (χ1v) is 9.04. The number of benzene rings is 1. The van der Waals surface area contributed by atoms with Crippen LogP contribution in [0.3, 0.4) is 0 Å². The van der Waals surface area contributed by atoms with Crippen LogP contribution >= 0.6 is 11.6 Å². The van der Waals surface area contributed by atoms with E-state index in [0.29, 0.717) is 16.3 Å². The van der Waals surface area contributed by atoms with Crippen LogP contribution in [-0.2, 0) is 14.8 Å². The van der Waals surface area contributed by atoms with Gasteiger partial charge in [-0.3, -0.25) is 14.1 Å². The van der Waals surface area contributed by atoms with Crippen LogP contribution in [0.4, 0.5) is 5.69 Å². The maximum absolute atomic E-state index is 12.0. The highest BCUT2D eigenvalue weighted by molar-refractivity contribution is 7.92. The molecule has 2 aromatic rings. The number of anilines is 1. The van der Waals surface area contributed by atoms with Crippen LogP contribution in [0.15, 0.2) is 53.9 Å². The number of pyridine rings is 1. The highest BCUT2D eigenvalue weighted by atomic mass is 35.5. The number of sulfonamides is 1. The van der Waals surface area contributed by atoms with Crippen LogP contribution in [0.5, 0.6) is 0 Å². The van der Waals surface area contributed by atoms with Crippen molar-refractivity contribution in [1.82, 2.24) is 10.4 Å². The molecule has 0 aliphatic carbocycles. The maximum Gasteiger partial charge on any atom is 0.260 e. The van der Waals surface area contributed by atoms with Crippen LogP contribution in [0, 0.1) is 0 Å². The Morgan fingerprint density at radius 1 is 1.33 bits per heavy atom. The summed E-state index contributed by atoms with van der Waals surface area (Å²) in [6.07, 6.45) is 5.63. The lowest BCUT2D eigenvalue weighted by Crippen LogP contribution is -2.38. The number of amides is 1. The summed E-state index contributed by atoms with van der Waals surface area (Å²) in [6.45, 7) is -0.398. The second-order valence-corrected chi connectivity index (χ2v) is 7.17. The summed E-state index contributed by atoms with van der Waals surface area (Å²) in [5, 5.41) is 4.25. The number of aromatic nitrogens is 1. The Hall–Kier alpha value is -2.45. The van der Waals surface area contributed by atoms with Gasteiger partial charge >= 0.3 is 0 Å². The molecule has 0 unspecified atom stereocenters. The number of hydrogen-bond acceptors (Lipinski definition) is 5. The van der Waals surface area contributed by atoms with Gasteiger partial charge in [0, 0.05) is 23.0 Å². The number of nitrogens with one attached hydrogen (secondary N) is 1. The molecule has 1 amide bonds. The van der Waals surface area contributed by atoms with E-state index in [4.69, 9.17) is 11.6 Å². The normalized spacial score (nSPS) is 11.4. The lowest BCUT2D eigenvalue weighted by atomic mass is 10.3. The third-order valence-electron chi connectivity index (χ3n) is 2.89. The predicted octanol–water partition coefficient (Wildman–Crippen LogP) is 1.65. The quantitative estimate of drug-likeness (QED) is 0.621. The molecule has 1 aromatic carbocycles. The Kier molecular flexibility index (Phi) is 5.88. The van der Waals surface area contributed by atoms with Gasteiger partial charge in [0.05, 0.1) is 18.2 Å². The molecule has 0 saturated carbocycles. The Morgan fingerprint density at radius 2 is 2.04 bits per heavy atom. The van der Waals surface area contributed by atoms with Gasteiger partial charge in [-0.25, -0.2) is 13.8 Å². The van der Waals surface area contributed by atoms with E-state index in [1.165, 1.54) is 18.3 Å². The fourth-order valence-electron chi connectivity index (χ4n) is 1.80. The summed E-state index contributed by atoms with van der Waals surface area (Å²) in [5.74, 6) is -0.574. The number of rotatable bonds is 6. The topological polar surface area (TPSA) is 91.7 Å². The first-order valence-electron chi connectivity index (χ1n) is 6.81. The summed E-state index contributed by atoms with van der Waals surface area (Å²) in [5.41, 5.74) is 3.33. The molecule has 1 aromatic heterocycles. The predicted molar refractivity (Wildman–Crippen MR) is 93.6 cm³/mol. The number of hydrogen-bond donors (Lipinski definition) is 1. The van der Waals surface area contributed by atoms with Gasteiger partial charge in [-0.1, -0.05) is 17.7 Å². The van der Waals surface area contributed by atoms with Crippen molar-refractivity contribution in [2.24, 2.45) is 5.10 Å². The fraction of sp³-hybridized carbons (Fsp3) is 0.133. The third kappa shape index (κ3) is 5.32. The second-order valence-electron chi connectivity index (χ2n) is 4.83. The van der Waals surface area contributed by atoms with Crippen molar-refractivity contribution in [3.8, 4) is 0 Å². The van der Waals surface area contributed by atoms with E-state index in [0.717, 1.165) is 10.6 Å². The number of nitrogens with zero attached hydrogens (tertiary/aromatic N) is 3. The number of carbonyl (C=O) groups is 1. The SMILES string of the molecule is CS(=O)(=O)N(CC(=O)N/N=C\c1cccnc1)c1ccc(Cl)cc1. The zero-order chi connectivity index (χ0) is 17.6. The molecule has 1 N–H and O–H groups in total. The van der Waals surface area contributed by atoms with Crippen molar-refractivity contribution in [1.29, 1.82) is 0 Å². The van der Waals surface area contributed by atoms with Crippen LogP contribution < -0.4 is 9.73 Å². The molecule has 2 rings (SSSR count). The Labute approximate surface area is 145 Å². The number of halogens is 1. The van der Waals surface area contributed by atoms with Crippen molar-refractivity contribution >= 4 is 39.4 Å². The Balaban J connectivity index is 2.05. The summed E-state index contributed by atoms with van der Waals surface area (Å²) >= 11 is 5.79. The zero-order valence-electron chi connectivity index (χ0n) is 12.8. The van der Waals surface area contributed by atoms with Crippen molar-refractivity contribution in [2.75, 3.05) is 17.1 Å². The fourth-order valence-corrected chi connectivity index (χ4v) is 2.79. The van der Waals surface area contributed by atoms with Crippen LogP contribution in [0.25, 0.3) is 0 Å². The second kappa shape index (κ2) is 7.89. The smallest absolute Gasteiger partial charge is 0.260 e. The minimum Gasteiger partial charge on any atom is -0.271 e. The molecule has 0 atom stereocenters. The molecule has 0 aliphatic rings. The Morgan fingerprint density at radius 3 is 2.62 bits per heavy atom. The van der Waals surface area contributed by atoms with Crippen molar-refractivity contribution in [3.63, 3.8) is 0 Å². The molecule has 0 spiro atoms. The van der Waals surface area contributed by atoms with E-state index in [1.54, 1.807) is 36.7 Å². The standard InChI is InChI=1S/C15H15ClN4O3S/c1-24(22,23)20(14-6-4-13(16)5-7-14)11-15(21)19-18-10-12-3-2-8-17-9-12/h2-10H,11H2,1H3,(H,19,21)/b18-10-. The van der Waals surface area contributed by atoms with E-state index in [9.17, 15) is 13.2 Å². The molecule has 24 heavy (non-hydrogen) atoms. The minimum atomic E-state index is -3.64. The lowest BCUT2D eigenvalue weighted by Gasteiger charge is -2.21. The number of carbonyl (C=O) groups excluding carboxylic acids is 1. The average Bonchev–Trinajstić information content (AvgIpc) is 2.54. The van der Waals surface area contributed by atoms with Crippen molar-refractivity contribution < 1.29 is 13.2 Å². The molecule has 0 bridgehead atoms.